The Morgan fingerprint density at radius 2 is 1.90 bits per heavy atom. The molecule has 1 amide bonds. The average molecular weight is 288 g/mol. The molecule has 1 aromatic carbocycles. The summed E-state index contributed by atoms with van der Waals surface area (Å²) in [5.74, 6) is 1.29. The number of hydrogen-bond acceptors (Lipinski definition) is 2. The fourth-order valence-electron chi connectivity index (χ4n) is 2.88. The van der Waals surface area contributed by atoms with Crippen LogP contribution in [0.1, 0.15) is 50.6 Å². The average Bonchev–Trinajstić information content (AvgIpc) is 2.67. The smallest absolute Gasteiger partial charge is 0.241 e. The van der Waals surface area contributed by atoms with Gasteiger partial charge in [0.1, 0.15) is 6.17 Å². The van der Waals surface area contributed by atoms with E-state index in [1.165, 1.54) is 16.7 Å². The number of benzene rings is 1. The number of hydrogen-bond donors (Lipinski definition) is 1. The number of amides is 1. The van der Waals surface area contributed by atoms with Gasteiger partial charge in [-0.15, -0.1) is 0 Å². The molecule has 1 aliphatic heterocycles. The van der Waals surface area contributed by atoms with E-state index in [2.05, 4.69) is 58.1 Å². The number of nitrogens with one attached hydrogen (secondary N) is 1. The summed E-state index contributed by atoms with van der Waals surface area (Å²) < 4.78 is 0. The molecule has 1 aromatic rings. The predicted molar refractivity (Wildman–Crippen MR) is 87.0 cm³/mol. The number of carbonyl (C=O) groups excluding carboxylic acids is 1. The van der Waals surface area contributed by atoms with Gasteiger partial charge in [0.25, 0.3) is 0 Å². The molecule has 0 radical (unpaired) electrons. The fraction of sp³-hybridized carbons (Fsp3) is 0.611. The summed E-state index contributed by atoms with van der Waals surface area (Å²) in [6.07, 6.45) is 0.00861. The minimum Gasteiger partial charge on any atom is -0.321 e. The van der Waals surface area contributed by atoms with Gasteiger partial charge in [-0.1, -0.05) is 44.5 Å². The summed E-state index contributed by atoms with van der Waals surface area (Å²) in [7, 11) is 0. The van der Waals surface area contributed by atoms with Crippen LogP contribution in [0.4, 0.5) is 0 Å². The van der Waals surface area contributed by atoms with E-state index in [1.54, 1.807) is 0 Å². The van der Waals surface area contributed by atoms with Crippen LogP contribution < -0.4 is 5.32 Å². The van der Waals surface area contributed by atoms with Gasteiger partial charge in [0.2, 0.25) is 5.91 Å². The van der Waals surface area contributed by atoms with Gasteiger partial charge in [0.05, 0.1) is 6.04 Å². The molecule has 21 heavy (non-hydrogen) atoms. The number of aryl methyl sites for hydroxylation is 2. The molecule has 3 heteroatoms. The van der Waals surface area contributed by atoms with Gasteiger partial charge in [-0.3, -0.25) is 10.1 Å². The Balaban J connectivity index is 2.29. The first kappa shape index (κ1) is 16.0. The van der Waals surface area contributed by atoms with Crippen LogP contribution in [0.25, 0.3) is 0 Å². The molecule has 2 rings (SSSR count). The molecule has 0 aromatic heterocycles. The second-order valence-electron chi connectivity index (χ2n) is 6.86. The van der Waals surface area contributed by atoms with Crippen LogP contribution in [-0.4, -0.2) is 23.4 Å². The molecule has 0 saturated carbocycles. The standard InChI is InChI=1S/C18H28N2O/c1-11(2)14(5)10-20-17(19-15(6)18(20)21)16-8-7-12(3)9-13(16)4/h7-9,11,14-15,17,19H,10H2,1-6H3. The first-order valence-corrected chi connectivity index (χ1v) is 7.95. The van der Waals surface area contributed by atoms with Crippen LogP contribution in [-0.2, 0) is 4.79 Å². The monoisotopic (exact) mass is 288 g/mol. The summed E-state index contributed by atoms with van der Waals surface area (Å²) in [6, 6.07) is 6.37. The quantitative estimate of drug-likeness (QED) is 0.921. The molecule has 1 aliphatic rings. The van der Waals surface area contributed by atoms with Gasteiger partial charge < -0.3 is 4.90 Å². The van der Waals surface area contributed by atoms with Crippen LogP contribution in [0.2, 0.25) is 0 Å². The van der Waals surface area contributed by atoms with E-state index < -0.39 is 0 Å². The Kier molecular flexibility index (Phi) is 4.72. The van der Waals surface area contributed by atoms with Crippen molar-refractivity contribution in [1.29, 1.82) is 0 Å². The van der Waals surface area contributed by atoms with Crippen molar-refractivity contribution in [3.05, 3.63) is 34.9 Å². The molecule has 3 nitrogen and oxygen atoms in total. The van der Waals surface area contributed by atoms with E-state index in [-0.39, 0.29) is 18.1 Å². The van der Waals surface area contributed by atoms with Crippen LogP contribution in [0, 0.1) is 25.7 Å². The zero-order valence-electron chi connectivity index (χ0n) is 14.1. The Morgan fingerprint density at radius 1 is 1.24 bits per heavy atom. The van der Waals surface area contributed by atoms with Gasteiger partial charge >= 0.3 is 0 Å². The first-order chi connectivity index (χ1) is 9.81. The summed E-state index contributed by atoms with van der Waals surface area (Å²) in [5.41, 5.74) is 3.72. The normalized spacial score (nSPS) is 24.0. The van der Waals surface area contributed by atoms with Gasteiger partial charge in [-0.05, 0) is 43.7 Å². The van der Waals surface area contributed by atoms with Crippen molar-refractivity contribution in [2.75, 3.05) is 6.54 Å². The molecule has 1 N–H and O–H groups in total. The van der Waals surface area contributed by atoms with Crippen LogP contribution in [0.3, 0.4) is 0 Å². The van der Waals surface area contributed by atoms with Crippen molar-refractivity contribution in [3.63, 3.8) is 0 Å². The van der Waals surface area contributed by atoms with Crippen LogP contribution >= 0.6 is 0 Å². The SMILES string of the molecule is Cc1ccc(C2NC(C)C(=O)N2CC(C)C(C)C)c(C)c1. The summed E-state index contributed by atoms with van der Waals surface area (Å²) >= 11 is 0. The Bertz CT molecular complexity index is 524. The van der Waals surface area contributed by atoms with Crippen molar-refractivity contribution < 1.29 is 4.79 Å². The largest absolute Gasteiger partial charge is 0.321 e. The lowest BCUT2D eigenvalue weighted by Crippen LogP contribution is -2.36. The zero-order valence-corrected chi connectivity index (χ0v) is 14.1. The molecule has 1 fully saturated rings. The minimum atomic E-state index is -0.102. The molecule has 0 spiro atoms. The third-order valence-electron chi connectivity index (χ3n) is 4.72. The van der Waals surface area contributed by atoms with E-state index in [9.17, 15) is 4.79 Å². The molecular weight excluding hydrogens is 260 g/mol. The van der Waals surface area contributed by atoms with Gasteiger partial charge in [-0.2, -0.15) is 0 Å². The second kappa shape index (κ2) is 6.18. The maximum absolute atomic E-state index is 12.5. The molecule has 3 atom stereocenters. The second-order valence-corrected chi connectivity index (χ2v) is 6.86. The highest BCUT2D eigenvalue weighted by Gasteiger charge is 2.38. The van der Waals surface area contributed by atoms with Crippen LogP contribution in [0.5, 0.6) is 0 Å². The maximum atomic E-state index is 12.5. The molecule has 1 saturated heterocycles. The molecule has 1 heterocycles. The van der Waals surface area contributed by atoms with Crippen molar-refractivity contribution in [3.8, 4) is 0 Å². The van der Waals surface area contributed by atoms with E-state index in [1.807, 2.05) is 11.8 Å². The Hall–Kier alpha value is -1.35. The number of rotatable bonds is 4. The third kappa shape index (κ3) is 3.29. The molecule has 116 valence electrons. The molecular formula is C18H28N2O. The predicted octanol–water partition coefficient (Wildman–Crippen LogP) is 3.41. The maximum Gasteiger partial charge on any atom is 0.241 e. The molecule has 3 unspecified atom stereocenters. The van der Waals surface area contributed by atoms with E-state index >= 15 is 0 Å². The summed E-state index contributed by atoms with van der Waals surface area (Å²) in [6.45, 7) is 13.7. The lowest BCUT2D eigenvalue weighted by Gasteiger charge is -2.30. The van der Waals surface area contributed by atoms with Gasteiger partial charge in [0.15, 0.2) is 0 Å². The highest BCUT2D eigenvalue weighted by Crippen LogP contribution is 2.29. The van der Waals surface area contributed by atoms with Crippen molar-refractivity contribution in [1.82, 2.24) is 10.2 Å². The lowest BCUT2D eigenvalue weighted by molar-refractivity contribution is -0.130. The topological polar surface area (TPSA) is 32.3 Å². The van der Waals surface area contributed by atoms with Crippen molar-refractivity contribution in [2.45, 2.75) is 53.8 Å². The van der Waals surface area contributed by atoms with Crippen LogP contribution in [0.15, 0.2) is 18.2 Å². The molecule has 0 bridgehead atoms. The highest BCUT2D eigenvalue weighted by atomic mass is 16.2. The Morgan fingerprint density at radius 3 is 2.48 bits per heavy atom. The molecule has 0 aliphatic carbocycles. The highest BCUT2D eigenvalue weighted by molar-refractivity contribution is 5.84. The zero-order chi connectivity index (χ0) is 15.7. The number of nitrogens with zero attached hydrogens (tertiary/aromatic N) is 1. The third-order valence-corrected chi connectivity index (χ3v) is 4.72. The lowest BCUT2D eigenvalue weighted by atomic mass is 9.96. The summed E-state index contributed by atoms with van der Waals surface area (Å²) in [5, 5.41) is 3.45. The van der Waals surface area contributed by atoms with E-state index in [4.69, 9.17) is 0 Å². The van der Waals surface area contributed by atoms with Gasteiger partial charge in [0, 0.05) is 6.54 Å². The minimum absolute atomic E-state index is 0.00861. The summed E-state index contributed by atoms with van der Waals surface area (Å²) in [4.78, 5) is 14.5. The van der Waals surface area contributed by atoms with Crippen molar-refractivity contribution in [2.24, 2.45) is 11.8 Å². The van der Waals surface area contributed by atoms with Gasteiger partial charge in [-0.25, -0.2) is 0 Å². The Labute approximate surface area is 128 Å². The van der Waals surface area contributed by atoms with Crippen molar-refractivity contribution >= 4 is 5.91 Å². The first-order valence-electron chi connectivity index (χ1n) is 7.95. The van der Waals surface area contributed by atoms with E-state index in [0.29, 0.717) is 11.8 Å². The van der Waals surface area contributed by atoms with E-state index in [0.717, 1.165) is 6.54 Å². The number of carbonyl (C=O) groups is 1. The fourth-order valence-corrected chi connectivity index (χ4v) is 2.88.